The fourth-order valence-corrected chi connectivity index (χ4v) is 3.01. The highest BCUT2D eigenvalue weighted by atomic mass is 32.2. The number of benzene rings is 2. The van der Waals surface area contributed by atoms with E-state index in [4.69, 9.17) is 4.74 Å². The summed E-state index contributed by atoms with van der Waals surface area (Å²) in [6.45, 7) is 0.499. The first kappa shape index (κ1) is 18.1. The summed E-state index contributed by atoms with van der Waals surface area (Å²) in [4.78, 5) is 20.3. The summed E-state index contributed by atoms with van der Waals surface area (Å²) >= 11 is 1.49. The third kappa shape index (κ3) is 4.92. The molecule has 3 rings (SSSR count). The fourth-order valence-electron chi connectivity index (χ4n) is 2.63. The monoisotopic (exact) mass is 364 g/mol. The van der Waals surface area contributed by atoms with Gasteiger partial charge in [-0.1, -0.05) is 54.2 Å². The summed E-state index contributed by atoms with van der Waals surface area (Å²) in [5.74, 6) is 0.491. The molecule has 0 aliphatic carbocycles. The second-order valence-electron chi connectivity index (χ2n) is 5.83. The lowest BCUT2D eigenvalue weighted by Gasteiger charge is -2.13. The van der Waals surface area contributed by atoms with E-state index in [1.807, 2.05) is 66.9 Å². The lowest BCUT2D eigenvalue weighted by molar-refractivity contribution is -0.109. The minimum atomic E-state index is -0.264. The SMILES string of the molecule is CSc1nccc(CC(C=O)c2cccc(OCc3ccccc3)c2)n1. The van der Waals surface area contributed by atoms with Crippen molar-refractivity contribution in [2.75, 3.05) is 6.26 Å². The Hall–Kier alpha value is -2.66. The molecule has 0 fully saturated rings. The zero-order chi connectivity index (χ0) is 18.2. The van der Waals surface area contributed by atoms with E-state index in [0.29, 0.717) is 18.2 Å². The second-order valence-corrected chi connectivity index (χ2v) is 6.60. The fraction of sp³-hybridized carbons (Fsp3) is 0.190. The molecule has 0 saturated carbocycles. The van der Waals surface area contributed by atoms with E-state index in [2.05, 4.69) is 9.97 Å². The van der Waals surface area contributed by atoms with E-state index >= 15 is 0 Å². The van der Waals surface area contributed by atoms with Gasteiger partial charge >= 0.3 is 0 Å². The highest BCUT2D eigenvalue weighted by Crippen LogP contribution is 2.23. The minimum absolute atomic E-state index is 0.264. The van der Waals surface area contributed by atoms with Crippen LogP contribution >= 0.6 is 11.8 Å². The van der Waals surface area contributed by atoms with Crippen LogP contribution in [0.4, 0.5) is 0 Å². The molecule has 1 heterocycles. The first-order valence-electron chi connectivity index (χ1n) is 8.36. The van der Waals surface area contributed by atoms with Crippen LogP contribution in [0.25, 0.3) is 0 Å². The van der Waals surface area contributed by atoms with E-state index in [0.717, 1.165) is 28.9 Å². The zero-order valence-electron chi connectivity index (χ0n) is 14.5. The molecule has 3 aromatic rings. The number of aromatic nitrogens is 2. The predicted octanol–water partition coefficient (Wildman–Crippen LogP) is 4.30. The Bertz CT molecular complexity index is 855. The van der Waals surface area contributed by atoms with Gasteiger partial charge in [0, 0.05) is 24.2 Å². The van der Waals surface area contributed by atoms with Crippen LogP contribution in [0.5, 0.6) is 5.75 Å². The number of hydrogen-bond donors (Lipinski definition) is 0. The number of ether oxygens (including phenoxy) is 1. The van der Waals surface area contributed by atoms with Crippen LogP contribution in [0.2, 0.25) is 0 Å². The highest BCUT2D eigenvalue weighted by molar-refractivity contribution is 7.98. The Morgan fingerprint density at radius 2 is 1.96 bits per heavy atom. The summed E-state index contributed by atoms with van der Waals surface area (Å²) in [5, 5.41) is 0.715. The molecule has 0 radical (unpaired) electrons. The van der Waals surface area contributed by atoms with Gasteiger partial charge in [0.25, 0.3) is 0 Å². The maximum Gasteiger partial charge on any atom is 0.187 e. The molecule has 0 N–H and O–H groups in total. The van der Waals surface area contributed by atoms with Gasteiger partial charge in [0.2, 0.25) is 0 Å². The van der Waals surface area contributed by atoms with Crippen molar-refractivity contribution in [3.8, 4) is 5.75 Å². The van der Waals surface area contributed by atoms with Crippen LogP contribution in [0.3, 0.4) is 0 Å². The maximum atomic E-state index is 11.7. The van der Waals surface area contributed by atoms with E-state index in [1.54, 1.807) is 6.20 Å². The van der Waals surface area contributed by atoms with Crippen molar-refractivity contribution in [2.45, 2.75) is 24.1 Å². The molecule has 0 aliphatic rings. The number of carbonyl (C=O) groups is 1. The lowest BCUT2D eigenvalue weighted by atomic mass is 9.95. The van der Waals surface area contributed by atoms with Gasteiger partial charge in [-0.2, -0.15) is 0 Å². The van der Waals surface area contributed by atoms with Crippen molar-refractivity contribution in [1.82, 2.24) is 9.97 Å². The van der Waals surface area contributed by atoms with Crippen LogP contribution in [-0.2, 0) is 17.8 Å². The number of hydrogen-bond acceptors (Lipinski definition) is 5. The largest absolute Gasteiger partial charge is 0.489 e. The summed E-state index contributed by atoms with van der Waals surface area (Å²) in [6, 6.07) is 19.6. The third-order valence-electron chi connectivity index (χ3n) is 4.00. The van der Waals surface area contributed by atoms with Crippen molar-refractivity contribution < 1.29 is 9.53 Å². The summed E-state index contributed by atoms with van der Waals surface area (Å²) in [7, 11) is 0. The summed E-state index contributed by atoms with van der Waals surface area (Å²) in [5.41, 5.74) is 2.89. The number of nitrogens with zero attached hydrogens (tertiary/aromatic N) is 2. The standard InChI is InChI=1S/C21H20N2O2S/c1-26-21-22-11-10-19(23-21)12-18(14-24)17-8-5-9-20(13-17)25-15-16-6-3-2-4-7-16/h2-11,13-14,18H,12,15H2,1H3. The third-order valence-corrected chi connectivity index (χ3v) is 4.56. The van der Waals surface area contributed by atoms with Crippen molar-refractivity contribution >= 4 is 18.0 Å². The van der Waals surface area contributed by atoms with Gasteiger partial charge in [-0.15, -0.1) is 0 Å². The second kappa shape index (κ2) is 9.15. The quantitative estimate of drug-likeness (QED) is 0.339. The topological polar surface area (TPSA) is 52.1 Å². The van der Waals surface area contributed by atoms with Gasteiger partial charge in [-0.3, -0.25) is 0 Å². The summed E-state index contributed by atoms with van der Waals surface area (Å²) < 4.78 is 5.87. The Kier molecular flexibility index (Phi) is 6.39. The van der Waals surface area contributed by atoms with Gasteiger partial charge in [0.05, 0.1) is 0 Å². The van der Waals surface area contributed by atoms with Crippen LogP contribution in [0, 0.1) is 0 Å². The van der Waals surface area contributed by atoms with E-state index in [-0.39, 0.29) is 5.92 Å². The molecule has 0 aliphatic heterocycles. The molecular weight excluding hydrogens is 344 g/mol. The molecule has 5 heteroatoms. The first-order valence-corrected chi connectivity index (χ1v) is 9.59. The van der Waals surface area contributed by atoms with Crippen molar-refractivity contribution in [1.29, 1.82) is 0 Å². The van der Waals surface area contributed by atoms with Gasteiger partial charge in [0.15, 0.2) is 5.16 Å². The normalized spacial score (nSPS) is 11.7. The lowest BCUT2D eigenvalue weighted by Crippen LogP contribution is -2.07. The van der Waals surface area contributed by atoms with Gasteiger partial charge in [-0.25, -0.2) is 9.97 Å². The molecule has 26 heavy (non-hydrogen) atoms. The van der Waals surface area contributed by atoms with Crippen LogP contribution in [-0.4, -0.2) is 22.5 Å². The van der Waals surface area contributed by atoms with Crippen LogP contribution in [0.1, 0.15) is 22.7 Å². The average molecular weight is 364 g/mol. The number of thioether (sulfide) groups is 1. The first-order chi connectivity index (χ1) is 12.8. The van der Waals surface area contributed by atoms with Crippen molar-refractivity contribution in [3.63, 3.8) is 0 Å². The van der Waals surface area contributed by atoms with Crippen LogP contribution < -0.4 is 4.74 Å². The van der Waals surface area contributed by atoms with Gasteiger partial charge < -0.3 is 9.53 Å². The molecule has 0 bridgehead atoms. The minimum Gasteiger partial charge on any atom is -0.489 e. The molecule has 0 spiro atoms. The molecule has 132 valence electrons. The van der Waals surface area contributed by atoms with E-state index in [1.165, 1.54) is 11.8 Å². The molecule has 1 aromatic heterocycles. The molecule has 1 atom stereocenters. The summed E-state index contributed by atoms with van der Waals surface area (Å²) in [6.07, 6.45) is 5.18. The average Bonchev–Trinajstić information content (AvgIpc) is 2.71. The molecule has 2 aromatic carbocycles. The molecule has 4 nitrogen and oxygen atoms in total. The van der Waals surface area contributed by atoms with Crippen LogP contribution in [0.15, 0.2) is 72.0 Å². The van der Waals surface area contributed by atoms with Crippen molar-refractivity contribution in [2.24, 2.45) is 0 Å². The number of aldehydes is 1. The van der Waals surface area contributed by atoms with Gasteiger partial charge in [-0.05, 0) is 35.6 Å². The highest BCUT2D eigenvalue weighted by Gasteiger charge is 2.14. The molecule has 0 saturated heterocycles. The smallest absolute Gasteiger partial charge is 0.187 e. The van der Waals surface area contributed by atoms with Gasteiger partial charge in [0.1, 0.15) is 18.6 Å². The van der Waals surface area contributed by atoms with E-state index < -0.39 is 0 Å². The van der Waals surface area contributed by atoms with E-state index in [9.17, 15) is 4.79 Å². The Morgan fingerprint density at radius 3 is 2.73 bits per heavy atom. The Morgan fingerprint density at radius 1 is 1.12 bits per heavy atom. The Balaban J connectivity index is 1.71. The number of rotatable bonds is 8. The molecule has 1 unspecified atom stereocenters. The zero-order valence-corrected chi connectivity index (χ0v) is 15.4. The van der Waals surface area contributed by atoms with Crippen molar-refractivity contribution in [3.05, 3.63) is 83.7 Å². The molecule has 0 amide bonds. The number of carbonyl (C=O) groups excluding carboxylic acids is 1. The predicted molar refractivity (Wildman–Crippen MR) is 104 cm³/mol. The Labute approximate surface area is 157 Å². The molecular formula is C21H20N2O2S. The maximum absolute atomic E-state index is 11.7.